The van der Waals surface area contributed by atoms with Crippen molar-refractivity contribution in [2.75, 3.05) is 5.32 Å². The molecule has 0 unspecified atom stereocenters. The van der Waals surface area contributed by atoms with Crippen LogP contribution in [-0.2, 0) is 6.42 Å². The van der Waals surface area contributed by atoms with Gasteiger partial charge in [0.2, 0.25) is 0 Å². The second-order valence-electron chi connectivity index (χ2n) is 3.77. The van der Waals surface area contributed by atoms with Crippen LogP contribution >= 0.6 is 12.2 Å². The van der Waals surface area contributed by atoms with Gasteiger partial charge in [0, 0.05) is 24.5 Å². The molecule has 2 aromatic rings. The lowest BCUT2D eigenvalue weighted by molar-refractivity contribution is 1.05. The monoisotopic (exact) mass is 242 g/mol. The van der Waals surface area contributed by atoms with Crippen molar-refractivity contribution in [3.8, 4) is 0 Å². The fourth-order valence-electron chi connectivity index (χ4n) is 1.56. The Hall–Kier alpha value is -1.74. The first-order valence-corrected chi connectivity index (χ1v) is 5.99. The molecule has 0 saturated carbocycles. The van der Waals surface area contributed by atoms with E-state index < -0.39 is 0 Å². The molecular formula is C14H14N2S. The van der Waals surface area contributed by atoms with Gasteiger partial charge in [0.1, 0.15) is 0 Å². The van der Waals surface area contributed by atoms with Gasteiger partial charge in [-0.05, 0) is 24.1 Å². The van der Waals surface area contributed by atoms with Crippen LogP contribution in [0.5, 0.6) is 0 Å². The summed E-state index contributed by atoms with van der Waals surface area (Å²) >= 11 is 5.30. The molecule has 0 spiro atoms. The SMILES string of the molecule is S=C(CCc1ccccc1)Nc1ccncc1. The minimum atomic E-state index is 0.861. The number of benzene rings is 1. The minimum Gasteiger partial charge on any atom is -0.350 e. The van der Waals surface area contributed by atoms with Gasteiger partial charge in [-0.15, -0.1) is 0 Å². The molecule has 3 heteroatoms. The van der Waals surface area contributed by atoms with Gasteiger partial charge in [-0.25, -0.2) is 0 Å². The highest BCUT2D eigenvalue weighted by molar-refractivity contribution is 7.80. The molecule has 0 fully saturated rings. The molecule has 0 amide bonds. The molecule has 1 aromatic carbocycles. The first kappa shape index (κ1) is 11.7. The first-order chi connectivity index (χ1) is 8.34. The Kier molecular flexibility index (Phi) is 4.22. The van der Waals surface area contributed by atoms with Gasteiger partial charge in [0.05, 0.1) is 4.99 Å². The molecule has 0 radical (unpaired) electrons. The highest BCUT2D eigenvalue weighted by Crippen LogP contribution is 2.07. The summed E-state index contributed by atoms with van der Waals surface area (Å²) < 4.78 is 0. The molecule has 2 nitrogen and oxygen atoms in total. The van der Waals surface area contributed by atoms with Crippen LogP contribution in [0.15, 0.2) is 54.9 Å². The Morgan fingerprint density at radius 2 is 1.76 bits per heavy atom. The fraction of sp³-hybridized carbons (Fsp3) is 0.143. The van der Waals surface area contributed by atoms with Gasteiger partial charge in [-0.2, -0.15) is 0 Å². The van der Waals surface area contributed by atoms with Crippen LogP contribution in [0.25, 0.3) is 0 Å². The number of aryl methyl sites for hydroxylation is 1. The van der Waals surface area contributed by atoms with E-state index in [0.29, 0.717) is 0 Å². The summed E-state index contributed by atoms with van der Waals surface area (Å²) in [5.74, 6) is 0. The van der Waals surface area contributed by atoms with E-state index in [4.69, 9.17) is 12.2 Å². The quantitative estimate of drug-likeness (QED) is 0.831. The lowest BCUT2D eigenvalue weighted by Crippen LogP contribution is -2.09. The molecule has 1 N–H and O–H groups in total. The van der Waals surface area contributed by atoms with Gasteiger partial charge in [-0.3, -0.25) is 4.98 Å². The van der Waals surface area contributed by atoms with Crippen LogP contribution in [-0.4, -0.2) is 9.97 Å². The number of rotatable bonds is 4. The van der Waals surface area contributed by atoms with Crippen LogP contribution in [0.1, 0.15) is 12.0 Å². The van der Waals surface area contributed by atoms with Gasteiger partial charge in [-0.1, -0.05) is 42.5 Å². The third-order valence-electron chi connectivity index (χ3n) is 2.45. The predicted molar refractivity (Wildman–Crippen MR) is 75.2 cm³/mol. The number of hydrogen-bond donors (Lipinski definition) is 1. The van der Waals surface area contributed by atoms with Crippen molar-refractivity contribution in [1.29, 1.82) is 0 Å². The third-order valence-corrected chi connectivity index (χ3v) is 2.75. The van der Waals surface area contributed by atoms with E-state index in [1.165, 1.54) is 5.56 Å². The van der Waals surface area contributed by atoms with Crippen molar-refractivity contribution in [2.45, 2.75) is 12.8 Å². The Bertz CT molecular complexity index is 468. The summed E-state index contributed by atoms with van der Waals surface area (Å²) in [5.41, 5.74) is 2.31. The summed E-state index contributed by atoms with van der Waals surface area (Å²) in [6.07, 6.45) is 5.34. The van der Waals surface area contributed by atoms with Gasteiger partial charge >= 0.3 is 0 Å². The maximum Gasteiger partial charge on any atom is 0.0800 e. The number of nitrogens with one attached hydrogen (secondary N) is 1. The molecule has 0 bridgehead atoms. The molecule has 0 saturated heterocycles. The predicted octanol–water partition coefficient (Wildman–Crippen LogP) is 3.45. The van der Waals surface area contributed by atoms with E-state index in [1.54, 1.807) is 12.4 Å². The molecule has 0 aliphatic heterocycles. The lowest BCUT2D eigenvalue weighted by atomic mass is 10.1. The highest BCUT2D eigenvalue weighted by atomic mass is 32.1. The van der Waals surface area contributed by atoms with Crippen molar-refractivity contribution in [2.24, 2.45) is 0 Å². The Labute approximate surface area is 107 Å². The topological polar surface area (TPSA) is 24.9 Å². The Morgan fingerprint density at radius 1 is 1.06 bits per heavy atom. The second kappa shape index (κ2) is 6.11. The number of aromatic nitrogens is 1. The third kappa shape index (κ3) is 3.96. The van der Waals surface area contributed by atoms with E-state index in [-0.39, 0.29) is 0 Å². The lowest BCUT2D eigenvalue weighted by Gasteiger charge is -2.07. The molecule has 17 heavy (non-hydrogen) atoms. The minimum absolute atomic E-state index is 0.861. The number of anilines is 1. The van der Waals surface area contributed by atoms with Crippen LogP contribution in [0.2, 0.25) is 0 Å². The number of pyridine rings is 1. The van der Waals surface area contributed by atoms with Crippen molar-refractivity contribution < 1.29 is 0 Å². The summed E-state index contributed by atoms with van der Waals surface area (Å²) in [7, 11) is 0. The standard InChI is InChI=1S/C14H14N2S/c17-14(16-13-8-10-15-11-9-13)7-6-12-4-2-1-3-5-12/h1-5,8-11H,6-7H2,(H,15,16,17). The molecule has 1 aromatic heterocycles. The Balaban J connectivity index is 1.83. The van der Waals surface area contributed by atoms with Gasteiger partial charge in [0.15, 0.2) is 0 Å². The molecular weight excluding hydrogens is 228 g/mol. The molecule has 2 rings (SSSR count). The number of thiocarbonyl (C=S) groups is 1. The van der Waals surface area contributed by atoms with Crippen molar-refractivity contribution in [1.82, 2.24) is 4.98 Å². The average molecular weight is 242 g/mol. The summed E-state index contributed by atoms with van der Waals surface area (Å²) in [4.78, 5) is 4.82. The van der Waals surface area contributed by atoms with Crippen LogP contribution in [0, 0.1) is 0 Å². The zero-order valence-corrected chi connectivity index (χ0v) is 10.3. The largest absolute Gasteiger partial charge is 0.350 e. The smallest absolute Gasteiger partial charge is 0.0800 e. The molecule has 0 aliphatic carbocycles. The summed E-state index contributed by atoms with van der Waals surface area (Å²) in [5, 5.41) is 3.20. The molecule has 0 aliphatic rings. The number of nitrogens with zero attached hydrogens (tertiary/aromatic N) is 1. The fourth-order valence-corrected chi connectivity index (χ4v) is 1.78. The van der Waals surface area contributed by atoms with Crippen LogP contribution < -0.4 is 5.32 Å². The van der Waals surface area contributed by atoms with E-state index in [1.807, 2.05) is 18.2 Å². The van der Waals surface area contributed by atoms with Crippen molar-refractivity contribution >= 4 is 22.9 Å². The van der Waals surface area contributed by atoms with E-state index in [0.717, 1.165) is 23.5 Å². The van der Waals surface area contributed by atoms with Crippen molar-refractivity contribution in [3.63, 3.8) is 0 Å². The van der Waals surface area contributed by atoms with E-state index in [2.05, 4.69) is 34.6 Å². The first-order valence-electron chi connectivity index (χ1n) is 5.58. The highest BCUT2D eigenvalue weighted by Gasteiger charge is 1.98. The second-order valence-corrected chi connectivity index (χ2v) is 4.26. The van der Waals surface area contributed by atoms with E-state index in [9.17, 15) is 0 Å². The maximum atomic E-state index is 5.30. The maximum absolute atomic E-state index is 5.30. The Morgan fingerprint density at radius 3 is 2.47 bits per heavy atom. The molecule has 0 atom stereocenters. The zero-order chi connectivity index (χ0) is 11.9. The summed E-state index contributed by atoms with van der Waals surface area (Å²) in [6.45, 7) is 0. The van der Waals surface area contributed by atoms with Crippen LogP contribution in [0.4, 0.5) is 5.69 Å². The van der Waals surface area contributed by atoms with Crippen LogP contribution in [0.3, 0.4) is 0 Å². The van der Waals surface area contributed by atoms with Gasteiger partial charge < -0.3 is 5.32 Å². The van der Waals surface area contributed by atoms with Crippen molar-refractivity contribution in [3.05, 3.63) is 60.4 Å². The van der Waals surface area contributed by atoms with Gasteiger partial charge in [0.25, 0.3) is 0 Å². The summed E-state index contributed by atoms with van der Waals surface area (Å²) in [6, 6.07) is 14.2. The molecule has 1 heterocycles. The number of hydrogen-bond acceptors (Lipinski definition) is 2. The zero-order valence-electron chi connectivity index (χ0n) is 9.47. The van der Waals surface area contributed by atoms with E-state index >= 15 is 0 Å². The average Bonchev–Trinajstić information content (AvgIpc) is 2.39. The normalized spacial score (nSPS) is 9.88. The molecule has 86 valence electrons.